The third-order valence-electron chi connectivity index (χ3n) is 4.13. The largest absolute Gasteiger partial charge is 0.326 e. The normalized spacial score (nSPS) is 10.3. The highest BCUT2D eigenvalue weighted by molar-refractivity contribution is 8.01. The van der Waals surface area contributed by atoms with Crippen LogP contribution in [0.3, 0.4) is 0 Å². The van der Waals surface area contributed by atoms with Gasteiger partial charge in [0.1, 0.15) is 0 Å². The molecule has 0 aliphatic heterocycles. The topological polar surface area (TPSA) is 129 Å². The quantitative estimate of drug-likeness (QED) is 0.331. The van der Waals surface area contributed by atoms with Gasteiger partial charge in [0.05, 0.1) is 17.9 Å². The molecule has 0 spiro atoms. The van der Waals surface area contributed by atoms with E-state index in [4.69, 9.17) is 0 Å². The van der Waals surface area contributed by atoms with Gasteiger partial charge in [0.25, 0.3) is 0 Å². The summed E-state index contributed by atoms with van der Waals surface area (Å²) < 4.78 is 0.678. The maximum Gasteiger partial charge on any atom is 0.234 e. The van der Waals surface area contributed by atoms with Crippen LogP contribution in [0.1, 0.15) is 19.5 Å². The first-order valence-corrected chi connectivity index (χ1v) is 12.1. The van der Waals surface area contributed by atoms with Crippen molar-refractivity contribution in [3.8, 4) is 0 Å². The van der Waals surface area contributed by atoms with Crippen LogP contribution in [0.15, 0.2) is 58.3 Å². The van der Waals surface area contributed by atoms with Gasteiger partial charge in [-0.3, -0.25) is 19.2 Å². The first kappa shape index (κ1) is 24.9. The molecule has 0 radical (unpaired) electrons. The van der Waals surface area contributed by atoms with Crippen molar-refractivity contribution in [1.29, 1.82) is 0 Å². The highest BCUT2D eigenvalue weighted by Gasteiger charge is 2.11. The smallest absolute Gasteiger partial charge is 0.234 e. The molecule has 3 aromatic rings. The highest BCUT2D eigenvalue weighted by atomic mass is 32.2. The van der Waals surface area contributed by atoms with Crippen LogP contribution in [0.4, 0.5) is 22.7 Å². The lowest BCUT2D eigenvalue weighted by atomic mass is 10.2. The number of hydrogen-bond donors (Lipinski definition) is 4. The summed E-state index contributed by atoms with van der Waals surface area (Å²) in [7, 11) is 0. The number of thiazole rings is 1. The summed E-state index contributed by atoms with van der Waals surface area (Å²) in [6.07, 6.45) is 0.0869. The number of nitrogens with zero attached hydrogens (tertiary/aromatic N) is 1. The van der Waals surface area contributed by atoms with Crippen molar-refractivity contribution in [3.05, 3.63) is 59.6 Å². The average molecular weight is 498 g/mol. The molecule has 0 saturated carbocycles. The molecule has 4 amide bonds. The Labute approximate surface area is 204 Å². The predicted molar refractivity (Wildman–Crippen MR) is 135 cm³/mol. The zero-order chi connectivity index (χ0) is 24.5. The molecule has 1 heterocycles. The Morgan fingerprint density at radius 1 is 0.794 bits per heavy atom. The molecule has 0 aliphatic rings. The second-order valence-electron chi connectivity index (χ2n) is 7.19. The number of amides is 4. The van der Waals surface area contributed by atoms with Gasteiger partial charge in [0.2, 0.25) is 23.6 Å². The van der Waals surface area contributed by atoms with Gasteiger partial charge in [-0.2, -0.15) is 0 Å². The predicted octanol–water partition coefficient (Wildman–Crippen LogP) is 3.97. The molecule has 1 aromatic heterocycles. The molecule has 0 fully saturated rings. The van der Waals surface area contributed by atoms with Crippen LogP contribution in [-0.2, 0) is 25.6 Å². The monoisotopic (exact) mass is 497 g/mol. The fourth-order valence-electron chi connectivity index (χ4n) is 2.89. The number of carbonyl (C=O) groups is 4. The molecule has 34 heavy (non-hydrogen) atoms. The summed E-state index contributed by atoms with van der Waals surface area (Å²) in [4.78, 5) is 51.4. The van der Waals surface area contributed by atoms with Gasteiger partial charge >= 0.3 is 0 Å². The molecule has 11 heteroatoms. The van der Waals surface area contributed by atoms with Gasteiger partial charge in [-0.25, -0.2) is 4.98 Å². The minimum Gasteiger partial charge on any atom is -0.326 e. The van der Waals surface area contributed by atoms with Crippen LogP contribution in [0.5, 0.6) is 0 Å². The number of carbonyl (C=O) groups excluding carboxylic acids is 4. The van der Waals surface area contributed by atoms with E-state index in [0.717, 1.165) is 0 Å². The summed E-state index contributed by atoms with van der Waals surface area (Å²) in [5.74, 6) is -0.675. The van der Waals surface area contributed by atoms with Gasteiger partial charge in [0.15, 0.2) is 4.34 Å². The van der Waals surface area contributed by atoms with E-state index in [1.54, 1.807) is 53.9 Å². The standard InChI is InChI=1S/C23H23N5O4S2/c1-14(29)24-16-5-3-7-18(9-16)26-21(31)11-20-12-33-23(28-20)34-13-22(32)27-19-8-4-6-17(10-19)25-15(2)30/h3-10,12H,11,13H2,1-2H3,(H,24,29)(H,25,30)(H,26,31)(H,27,32). The van der Waals surface area contributed by atoms with Crippen LogP contribution in [-0.4, -0.2) is 34.4 Å². The van der Waals surface area contributed by atoms with Crippen molar-refractivity contribution in [1.82, 2.24) is 4.98 Å². The molecule has 2 aromatic carbocycles. The van der Waals surface area contributed by atoms with E-state index < -0.39 is 0 Å². The molecule has 0 saturated heterocycles. The van der Waals surface area contributed by atoms with Crippen molar-refractivity contribution in [3.63, 3.8) is 0 Å². The van der Waals surface area contributed by atoms with Crippen molar-refractivity contribution < 1.29 is 19.2 Å². The van der Waals surface area contributed by atoms with E-state index in [-0.39, 0.29) is 35.8 Å². The van der Waals surface area contributed by atoms with Gasteiger partial charge < -0.3 is 21.3 Å². The lowest BCUT2D eigenvalue weighted by Gasteiger charge is -2.07. The Morgan fingerprint density at radius 2 is 1.29 bits per heavy atom. The molecular weight excluding hydrogens is 474 g/mol. The zero-order valence-electron chi connectivity index (χ0n) is 18.5. The maximum atomic E-state index is 12.4. The van der Waals surface area contributed by atoms with Crippen molar-refractivity contribution in [2.45, 2.75) is 24.6 Å². The maximum absolute atomic E-state index is 12.4. The van der Waals surface area contributed by atoms with Crippen LogP contribution < -0.4 is 21.3 Å². The van der Waals surface area contributed by atoms with E-state index in [1.807, 2.05) is 0 Å². The van der Waals surface area contributed by atoms with E-state index in [2.05, 4.69) is 26.3 Å². The van der Waals surface area contributed by atoms with Crippen LogP contribution in [0.25, 0.3) is 0 Å². The molecule has 3 rings (SSSR count). The lowest BCUT2D eigenvalue weighted by Crippen LogP contribution is -2.15. The van der Waals surface area contributed by atoms with Gasteiger partial charge in [-0.1, -0.05) is 23.9 Å². The fourth-order valence-corrected chi connectivity index (χ4v) is 4.53. The molecule has 4 N–H and O–H groups in total. The lowest BCUT2D eigenvalue weighted by molar-refractivity contribution is -0.116. The number of aromatic nitrogens is 1. The molecule has 9 nitrogen and oxygen atoms in total. The Morgan fingerprint density at radius 3 is 1.82 bits per heavy atom. The van der Waals surface area contributed by atoms with E-state index in [1.165, 1.54) is 36.9 Å². The molecule has 0 aliphatic carbocycles. The minimum absolute atomic E-state index is 0.0869. The average Bonchev–Trinajstić information content (AvgIpc) is 3.19. The Hall–Kier alpha value is -3.70. The van der Waals surface area contributed by atoms with Crippen LogP contribution in [0.2, 0.25) is 0 Å². The number of hydrogen-bond acceptors (Lipinski definition) is 7. The summed E-state index contributed by atoms with van der Waals surface area (Å²) in [5, 5.41) is 12.7. The van der Waals surface area contributed by atoms with Crippen LogP contribution in [0, 0.1) is 0 Å². The number of benzene rings is 2. The number of rotatable bonds is 9. The minimum atomic E-state index is -0.237. The number of anilines is 4. The van der Waals surface area contributed by atoms with E-state index >= 15 is 0 Å². The summed E-state index contributed by atoms with van der Waals surface area (Å²) in [6, 6.07) is 13.8. The van der Waals surface area contributed by atoms with Crippen molar-refractivity contribution in [2.24, 2.45) is 0 Å². The third-order valence-corrected chi connectivity index (χ3v) is 6.20. The first-order valence-electron chi connectivity index (χ1n) is 10.2. The van der Waals surface area contributed by atoms with Gasteiger partial charge in [-0.15, -0.1) is 11.3 Å². The van der Waals surface area contributed by atoms with E-state index in [9.17, 15) is 19.2 Å². The summed E-state index contributed by atoms with van der Waals surface area (Å²) in [6.45, 7) is 2.83. The zero-order valence-corrected chi connectivity index (χ0v) is 20.1. The first-order chi connectivity index (χ1) is 16.3. The Balaban J connectivity index is 1.47. The Bertz CT molecular complexity index is 1210. The SMILES string of the molecule is CC(=O)Nc1cccc(NC(=O)CSc2nc(CC(=O)Nc3cccc(NC(C)=O)c3)cs2)c1. The number of nitrogens with one attached hydrogen (secondary N) is 4. The van der Waals surface area contributed by atoms with Crippen molar-refractivity contribution >= 4 is 69.5 Å². The second kappa shape index (κ2) is 12.0. The molecule has 0 unspecified atom stereocenters. The summed E-state index contributed by atoms with van der Waals surface area (Å²) >= 11 is 2.64. The molecule has 176 valence electrons. The summed E-state index contributed by atoms with van der Waals surface area (Å²) in [5.41, 5.74) is 2.95. The number of thioether (sulfide) groups is 1. The van der Waals surface area contributed by atoms with Crippen LogP contribution >= 0.6 is 23.1 Å². The van der Waals surface area contributed by atoms with Gasteiger partial charge in [0, 0.05) is 42.0 Å². The third kappa shape index (κ3) is 8.34. The Kier molecular flexibility index (Phi) is 8.77. The van der Waals surface area contributed by atoms with E-state index in [0.29, 0.717) is 32.8 Å². The molecule has 0 bridgehead atoms. The fraction of sp³-hybridized carbons (Fsp3) is 0.174. The van der Waals surface area contributed by atoms with Crippen molar-refractivity contribution in [2.75, 3.05) is 27.0 Å². The van der Waals surface area contributed by atoms with Gasteiger partial charge in [-0.05, 0) is 36.4 Å². The highest BCUT2D eigenvalue weighted by Crippen LogP contribution is 2.24. The molecular formula is C23H23N5O4S2. The molecule has 0 atom stereocenters. The second-order valence-corrected chi connectivity index (χ2v) is 9.27.